The lowest BCUT2D eigenvalue weighted by atomic mass is 10.3. The van der Waals surface area contributed by atoms with E-state index in [1.54, 1.807) is 12.3 Å². The molecule has 0 fully saturated rings. The van der Waals surface area contributed by atoms with Gasteiger partial charge in [-0.15, -0.1) is 0 Å². The molecule has 3 aromatic rings. The summed E-state index contributed by atoms with van der Waals surface area (Å²) >= 11 is 0. The van der Waals surface area contributed by atoms with E-state index in [2.05, 4.69) is 10.4 Å². The summed E-state index contributed by atoms with van der Waals surface area (Å²) in [7, 11) is 0. The van der Waals surface area contributed by atoms with E-state index in [0.29, 0.717) is 17.2 Å². The van der Waals surface area contributed by atoms with Gasteiger partial charge in [0, 0.05) is 0 Å². The van der Waals surface area contributed by atoms with Gasteiger partial charge in [0.25, 0.3) is 0 Å². The van der Waals surface area contributed by atoms with Crippen molar-refractivity contribution in [1.82, 2.24) is 4.98 Å². The standard InChI is InChI=1S/C17H17N5/c18-13-11-16(19)17(20-12-13)22(15-9-5-2-6-10-15)21-14-7-3-1-4-8-14/h1-12,21H,18-19H2. The van der Waals surface area contributed by atoms with Crippen LogP contribution in [0.4, 0.5) is 28.6 Å². The quantitative estimate of drug-likeness (QED) is 0.642. The first kappa shape index (κ1) is 13.8. The predicted octanol–water partition coefficient (Wildman–Crippen LogP) is 3.41. The molecule has 5 N–H and O–H groups in total. The fourth-order valence-electron chi connectivity index (χ4n) is 2.14. The zero-order valence-corrected chi connectivity index (χ0v) is 12.0. The van der Waals surface area contributed by atoms with Crippen molar-refractivity contribution in [1.29, 1.82) is 0 Å². The average Bonchev–Trinajstić information content (AvgIpc) is 2.55. The van der Waals surface area contributed by atoms with Gasteiger partial charge in [-0.05, 0) is 30.3 Å². The second kappa shape index (κ2) is 6.05. The van der Waals surface area contributed by atoms with Gasteiger partial charge in [-0.3, -0.25) is 5.43 Å². The molecule has 0 spiro atoms. The summed E-state index contributed by atoms with van der Waals surface area (Å²) in [5.74, 6) is 0.601. The van der Waals surface area contributed by atoms with Crippen molar-refractivity contribution >= 4 is 28.6 Å². The molecule has 0 aliphatic rings. The lowest BCUT2D eigenvalue weighted by Crippen LogP contribution is -2.26. The van der Waals surface area contributed by atoms with E-state index in [0.717, 1.165) is 11.4 Å². The Hall–Kier alpha value is -3.21. The van der Waals surface area contributed by atoms with Crippen LogP contribution in [-0.2, 0) is 0 Å². The first-order valence-electron chi connectivity index (χ1n) is 6.92. The summed E-state index contributed by atoms with van der Waals surface area (Å²) in [6.07, 6.45) is 1.59. The third-order valence-electron chi connectivity index (χ3n) is 3.16. The number of nitrogens with two attached hydrogens (primary N) is 2. The van der Waals surface area contributed by atoms with Gasteiger partial charge in [-0.2, -0.15) is 0 Å². The molecular formula is C17H17N5. The van der Waals surface area contributed by atoms with Crippen molar-refractivity contribution in [3.05, 3.63) is 72.9 Å². The van der Waals surface area contributed by atoms with Crippen LogP contribution in [0, 0.1) is 0 Å². The molecule has 0 atom stereocenters. The number of hydrogen-bond acceptors (Lipinski definition) is 5. The predicted molar refractivity (Wildman–Crippen MR) is 91.7 cm³/mol. The van der Waals surface area contributed by atoms with Crippen molar-refractivity contribution in [2.24, 2.45) is 0 Å². The first-order valence-corrected chi connectivity index (χ1v) is 6.92. The summed E-state index contributed by atoms with van der Waals surface area (Å²) in [4.78, 5) is 4.36. The van der Waals surface area contributed by atoms with Crippen molar-refractivity contribution in [2.75, 3.05) is 21.9 Å². The second-order valence-corrected chi connectivity index (χ2v) is 4.83. The van der Waals surface area contributed by atoms with Crippen LogP contribution in [0.25, 0.3) is 0 Å². The number of anilines is 5. The molecule has 0 radical (unpaired) electrons. The minimum atomic E-state index is 0.507. The van der Waals surface area contributed by atoms with Crippen LogP contribution >= 0.6 is 0 Å². The fourth-order valence-corrected chi connectivity index (χ4v) is 2.14. The highest BCUT2D eigenvalue weighted by Gasteiger charge is 2.14. The highest BCUT2D eigenvalue weighted by Crippen LogP contribution is 2.29. The number of nitrogen functional groups attached to an aromatic ring is 2. The molecular weight excluding hydrogens is 274 g/mol. The molecule has 1 aromatic heterocycles. The number of hydrazine groups is 1. The van der Waals surface area contributed by atoms with Crippen LogP contribution in [0.15, 0.2) is 72.9 Å². The van der Waals surface area contributed by atoms with E-state index in [9.17, 15) is 0 Å². The molecule has 0 amide bonds. The summed E-state index contributed by atoms with van der Waals surface area (Å²) in [6.45, 7) is 0. The Labute approximate surface area is 129 Å². The monoisotopic (exact) mass is 291 g/mol. The molecule has 5 nitrogen and oxygen atoms in total. The maximum atomic E-state index is 6.09. The Morgan fingerprint density at radius 3 is 2.14 bits per heavy atom. The summed E-state index contributed by atoms with van der Waals surface area (Å²) in [5.41, 5.74) is 18.1. The third-order valence-corrected chi connectivity index (χ3v) is 3.16. The fraction of sp³-hybridized carbons (Fsp3) is 0. The highest BCUT2D eigenvalue weighted by molar-refractivity contribution is 5.76. The van der Waals surface area contributed by atoms with Crippen molar-refractivity contribution in [3.8, 4) is 0 Å². The minimum Gasteiger partial charge on any atom is -0.397 e. The van der Waals surface area contributed by atoms with Gasteiger partial charge < -0.3 is 11.5 Å². The Balaban J connectivity index is 2.03. The third kappa shape index (κ3) is 2.93. The number of rotatable bonds is 4. The van der Waals surface area contributed by atoms with Gasteiger partial charge >= 0.3 is 0 Å². The largest absolute Gasteiger partial charge is 0.397 e. The van der Waals surface area contributed by atoms with Crippen molar-refractivity contribution in [2.45, 2.75) is 0 Å². The number of nitrogens with one attached hydrogen (secondary N) is 1. The summed E-state index contributed by atoms with van der Waals surface area (Å²) in [6, 6.07) is 21.4. The SMILES string of the molecule is Nc1cnc(N(Nc2ccccc2)c2ccccc2)c(N)c1. The smallest absolute Gasteiger partial charge is 0.175 e. The normalized spacial score (nSPS) is 10.2. The van der Waals surface area contributed by atoms with Crippen LogP contribution in [-0.4, -0.2) is 4.98 Å². The molecule has 0 saturated heterocycles. The van der Waals surface area contributed by atoms with Gasteiger partial charge in [0.05, 0.1) is 28.9 Å². The Bertz CT molecular complexity index is 744. The average molecular weight is 291 g/mol. The summed E-state index contributed by atoms with van der Waals surface area (Å²) in [5, 5.41) is 1.84. The zero-order valence-electron chi connectivity index (χ0n) is 12.0. The number of para-hydroxylation sites is 2. The minimum absolute atomic E-state index is 0.507. The molecule has 0 aliphatic heterocycles. The Kier molecular flexibility index (Phi) is 3.78. The number of nitrogens with zero attached hydrogens (tertiary/aromatic N) is 2. The van der Waals surface area contributed by atoms with E-state index in [-0.39, 0.29) is 0 Å². The van der Waals surface area contributed by atoms with Crippen LogP contribution in [0.1, 0.15) is 0 Å². The van der Waals surface area contributed by atoms with Crippen LogP contribution in [0.3, 0.4) is 0 Å². The molecule has 0 saturated carbocycles. The lowest BCUT2D eigenvalue weighted by Gasteiger charge is -2.26. The molecule has 5 heteroatoms. The Morgan fingerprint density at radius 2 is 1.50 bits per heavy atom. The number of pyridine rings is 1. The highest BCUT2D eigenvalue weighted by atomic mass is 15.5. The lowest BCUT2D eigenvalue weighted by molar-refractivity contribution is 1.10. The van der Waals surface area contributed by atoms with Gasteiger partial charge in [-0.25, -0.2) is 9.99 Å². The van der Waals surface area contributed by atoms with Crippen molar-refractivity contribution < 1.29 is 0 Å². The molecule has 110 valence electrons. The van der Waals surface area contributed by atoms with Gasteiger partial charge in [-0.1, -0.05) is 36.4 Å². The van der Waals surface area contributed by atoms with E-state index >= 15 is 0 Å². The number of hydrogen-bond donors (Lipinski definition) is 3. The summed E-state index contributed by atoms with van der Waals surface area (Å²) < 4.78 is 0. The van der Waals surface area contributed by atoms with E-state index in [4.69, 9.17) is 11.5 Å². The molecule has 0 bridgehead atoms. The zero-order chi connectivity index (χ0) is 15.4. The second-order valence-electron chi connectivity index (χ2n) is 4.83. The van der Waals surface area contributed by atoms with Crippen LogP contribution < -0.4 is 21.9 Å². The topological polar surface area (TPSA) is 80.2 Å². The Morgan fingerprint density at radius 1 is 0.864 bits per heavy atom. The van der Waals surface area contributed by atoms with E-state index < -0.39 is 0 Å². The van der Waals surface area contributed by atoms with Gasteiger partial charge in [0.1, 0.15) is 0 Å². The first-order chi connectivity index (χ1) is 10.7. The molecule has 22 heavy (non-hydrogen) atoms. The van der Waals surface area contributed by atoms with Gasteiger partial charge in [0.2, 0.25) is 0 Å². The van der Waals surface area contributed by atoms with Crippen LogP contribution in [0.2, 0.25) is 0 Å². The molecule has 0 aliphatic carbocycles. The molecule has 2 aromatic carbocycles. The van der Waals surface area contributed by atoms with E-state index in [1.807, 2.05) is 65.7 Å². The maximum absolute atomic E-state index is 6.09. The molecule has 0 unspecified atom stereocenters. The van der Waals surface area contributed by atoms with Crippen molar-refractivity contribution in [3.63, 3.8) is 0 Å². The van der Waals surface area contributed by atoms with Gasteiger partial charge in [0.15, 0.2) is 5.82 Å². The van der Waals surface area contributed by atoms with E-state index in [1.165, 1.54) is 0 Å². The molecule has 3 rings (SSSR count). The molecule has 1 heterocycles. The number of aromatic nitrogens is 1. The number of benzene rings is 2. The maximum Gasteiger partial charge on any atom is 0.175 e. The van der Waals surface area contributed by atoms with Crippen LogP contribution in [0.5, 0.6) is 0 Å².